The average Bonchev–Trinajstić information content (AvgIpc) is 2.29. The molecule has 0 aromatic rings. The predicted molar refractivity (Wildman–Crippen MR) is 44.3 cm³/mol. The highest BCUT2D eigenvalue weighted by Crippen LogP contribution is 2.61. The van der Waals surface area contributed by atoms with Crippen LogP contribution < -0.4 is 0 Å². The Bertz CT molecular complexity index is 168. The molecule has 0 aliphatic heterocycles. The fourth-order valence-electron chi connectivity index (χ4n) is 2.04. The second-order valence-electron chi connectivity index (χ2n) is 3.51. The Morgan fingerprint density at radius 3 is 2.09 bits per heavy atom. The minimum atomic E-state index is -1.34. The van der Waals surface area contributed by atoms with Crippen molar-refractivity contribution in [2.45, 2.75) is 30.8 Å². The van der Waals surface area contributed by atoms with Gasteiger partial charge in [0.2, 0.25) is 0 Å². The summed E-state index contributed by atoms with van der Waals surface area (Å²) in [6.07, 6.45) is 8.14. The Kier molecular flexibility index (Phi) is 1.71. The van der Waals surface area contributed by atoms with Gasteiger partial charge in [-0.05, 0) is 25.7 Å². The van der Waals surface area contributed by atoms with Gasteiger partial charge in [-0.3, -0.25) is 0 Å². The molecule has 2 rings (SSSR count). The highest BCUT2D eigenvalue weighted by atomic mass is 35.5. The molecule has 0 nitrogen and oxygen atoms in total. The predicted octanol–water partition coefficient (Wildman–Crippen LogP) is 3.27. The maximum absolute atomic E-state index is 13.3. The van der Waals surface area contributed by atoms with Crippen molar-refractivity contribution in [2.75, 3.05) is 0 Å². The Morgan fingerprint density at radius 1 is 1.18 bits per heavy atom. The molecular formula is C9H12ClF. The standard InChI is InChI=1S/C9H12ClF/c10-9(11)7-5-3-1-2-4-6-8(7)9/h1-2,7-8H,3-6H2/b2-1-. The molecule has 2 aliphatic carbocycles. The third kappa shape index (κ3) is 1.20. The van der Waals surface area contributed by atoms with Crippen LogP contribution in [0.15, 0.2) is 12.2 Å². The number of hydrogen-bond donors (Lipinski definition) is 0. The van der Waals surface area contributed by atoms with Crippen LogP contribution in [0.2, 0.25) is 0 Å². The largest absolute Gasteiger partial charge is 0.226 e. The summed E-state index contributed by atoms with van der Waals surface area (Å²) < 4.78 is 13.3. The summed E-state index contributed by atoms with van der Waals surface area (Å²) in [5, 5.41) is -1.34. The third-order valence-electron chi connectivity index (χ3n) is 2.82. The van der Waals surface area contributed by atoms with Crippen LogP contribution in [0.5, 0.6) is 0 Å². The van der Waals surface area contributed by atoms with Crippen molar-refractivity contribution in [3.05, 3.63) is 12.2 Å². The van der Waals surface area contributed by atoms with E-state index in [4.69, 9.17) is 11.6 Å². The van der Waals surface area contributed by atoms with Gasteiger partial charge in [-0.1, -0.05) is 23.8 Å². The summed E-state index contributed by atoms with van der Waals surface area (Å²) in [6.45, 7) is 0. The number of halogens is 2. The minimum Gasteiger partial charge on any atom is -0.226 e. The third-order valence-corrected chi connectivity index (χ3v) is 3.38. The van der Waals surface area contributed by atoms with Crippen LogP contribution >= 0.6 is 11.6 Å². The fraction of sp³-hybridized carbons (Fsp3) is 0.778. The number of alkyl halides is 2. The smallest absolute Gasteiger partial charge is 0.190 e. The van der Waals surface area contributed by atoms with Gasteiger partial charge in [0, 0.05) is 11.8 Å². The second-order valence-corrected chi connectivity index (χ2v) is 4.09. The molecule has 0 spiro atoms. The molecule has 0 heterocycles. The van der Waals surface area contributed by atoms with Crippen molar-refractivity contribution in [2.24, 2.45) is 11.8 Å². The van der Waals surface area contributed by atoms with Crippen molar-refractivity contribution < 1.29 is 4.39 Å². The highest BCUT2D eigenvalue weighted by Gasteiger charge is 2.63. The van der Waals surface area contributed by atoms with E-state index >= 15 is 0 Å². The van der Waals surface area contributed by atoms with Crippen molar-refractivity contribution in [1.29, 1.82) is 0 Å². The molecule has 2 heteroatoms. The van der Waals surface area contributed by atoms with E-state index in [1.165, 1.54) is 0 Å². The van der Waals surface area contributed by atoms with Crippen LogP contribution in [0.25, 0.3) is 0 Å². The summed E-state index contributed by atoms with van der Waals surface area (Å²) in [7, 11) is 0. The molecule has 11 heavy (non-hydrogen) atoms. The van der Waals surface area contributed by atoms with Gasteiger partial charge < -0.3 is 0 Å². The molecule has 1 saturated carbocycles. The lowest BCUT2D eigenvalue weighted by molar-refractivity contribution is 0.372. The first-order valence-electron chi connectivity index (χ1n) is 4.25. The van der Waals surface area contributed by atoms with Crippen molar-refractivity contribution in [3.63, 3.8) is 0 Å². The summed E-state index contributed by atoms with van der Waals surface area (Å²) in [5.41, 5.74) is 0. The van der Waals surface area contributed by atoms with Gasteiger partial charge in [-0.2, -0.15) is 0 Å². The van der Waals surface area contributed by atoms with Crippen LogP contribution in [0.4, 0.5) is 4.39 Å². The van der Waals surface area contributed by atoms with Crippen LogP contribution in [-0.4, -0.2) is 5.13 Å². The molecule has 62 valence electrons. The molecule has 0 N–H and O–H groups in total. The number of fused-ring (bicyclic) bond motifs is 1. The number of hydrogen-bond acceptors (Lipinski definition) is 0. The lowest BCUT2D eigenvalue weighted by atomic mass is 10.1. The molecule has 2 atom stereocenters. The Morgan fingerprint density at radius 2 is 1.64 bits per heavy atom. The van der Waals surface area contributed by atoms with E-state index in [1.807, 2.05) is 0 Å². The Balaban J connectivity index is 2.02. The van der Waals surface area contributed by atoms with Crippen LogP contribution in [0, 0.1) is 11.8 Å². The van der Waals surface area contributed by atoms with E-state index < -0.39 is 5.13 Å². The van der Waals surface area contributed by atoms with Crippen molar-refractivity contribution >= 4 is 11.6 Å². The van der Waals surface area contributed by atoms with E-state index in [9.17, 15) is 4.39 Å². The zero-order chi connectivity index (χ0) is 7.90. The molecule has 0 aromatic carbocycles. The topological polar surface area (TPSA) is 0 Å². The molecule has 0 aromatic heterocycles. The first-order valence-corrected chi connectivity index (χ1v) is 4.63. The van der Waals surface area contributed by atoms with Gasteiger partial charge in [-0.15, -0.1) is 0 Å². The Hall–Kier alpha value is -0.0400. The van der Waals surface area contributed by atoms with Crippen molar-refractivity contribution in [3.8, 4) is 0 Å². The summed E-state index contributed by atoms with van der Waals surface area (Å²) in [5.74, 6) is 0.295. The average molecular weight is 175 g/mol. The van der Waals surface area contributed by atoms with E-state index in [-0.39, 0.29) is 11.8 Å². The molecule has 0 saturated heterocycles. The van der Waals surface area contributed by atoms with E-state index in [1.54, 1.807) is 0 Å². The van der Waals surface area contributed by atoms with Gasteiger partial charge in [0.05, 0.1) is 0 Å². The lowest BCUT2D eigenvalue weighted by Crippen LogP contribution is -1.91. The van der Waals surface area contributed by atoms with Gasteiger partial charge in [-0.25, -0.2) is 4.39 Å². The van der Waals surface area contributed by atoms with Gasteiger partial charge in [0.25, 0.3) is 0 Å². The molecule has 0 amide bonds. The SMILES string of the molecule is FC1(Cl)C2CC/C=C\CCC21. The van der Waals surface area contributed by atoms with Crippen molar-refractivity contribution in [1.82, 2.24) is 0 Å². The van der Waals surface area contributed by atoms with E-state index in [0.717, 1.165) is 25.7 Å². The second kappa shape index (κ2) is 2.48. The fourth-order valence-corrected chi connectivity index (χ4v) is 2.49. The van der Waals surface area contributed by atoms with E-state index in [2.05, 4.69) is 12.2 Å². The number of rotatable bonds is 0. The van der Waals surface area contributed by atoms with Gasteiger partial charge in [0.1, 0.15) is 0 Å². The Labute approximate surface area is 71.4 Å². The monoisotopic (exact) mass is 174 g/mol. The highest BCUT2D eigenvalue weighted by molar-refractivity contribution is 6.25. The summed E-state index contributed by atoms with van der Waals surface area (Å²) >= 11 is 5.66. The molecule has 1 fully saturated rings. The summed E-state index contributed by atoms with van der Waals surface area (Å²) in [4.78, 5) is 0. The zero-order valence-electron chi connectivity index (χ0n) is 6.39. The first-order chi connectivity index (χ1) is 5.23. The van der Waals surface area contributed by atoms with Gasteiger partial charge >= 0.3 is 0 Å². The minimum absolute atomic E-state index is 0.147. The van der Waals surface area contributed by atoms with Crippen LogP contribution in [0.3, 0.4) is 0 Å². The first kappa shape index (κ1) is 7.60. The molecular weight excluding hydrogens is 163 g/mol. The normalized spacial score (nSPS) is 52.2. The molecule has 0 bridgehead atoms. The van der Waals surface area contributed by atoms with Crippen LogP contribution in [0.1, 0.15) is 25.7 Å². The zero-order valence-corrected chi connectivity index (χ0v) is 7.15. The quantitative estimate of drug-likeness (QED) is 0.391. The maximum atomic E-state index is 13.3. The lowest BCUT2D eigenvalue weighted by Gasteiger charge is -1.97. The van der Waals surface area contributed by atoms with E-state index in [0.29, 0.717) is 0 Å². The van der Waals surface area contributed by atoms with Gasteiger partial charge in [0.15, 0.2) is 5.13 Å². The summed E-state index contributed by atoms with van der Waals surface area (Å²) in [6, 6.07) is 0. The van der Waals surface area contributed by atoms with Crippen LogP contribution in [-0.2, 0) is 0 Å². The number of allylic oxidation sites excluding steroid dienone is 2. The molecule has 2 aliphatic rings. The maximum Gasteiger partial charge on any atom is 0.190 e. The molecule has 2 unspecified atom stereocenters. The molecule has 0 radical (unpaired) electrons.